The van der Waals surface area contributed by atoms with Crippen molar-refractivity contribution < 1.29 is 14.5 Å². The Bertz CT molecular complexity index is 870. The van der Waals surface area contributed by atoms with Gasteiger partial charge < -0.3 is 10.6 Å². The number of amides is 2. The largest absolute Gasteiger partial charge is 0.348 e. The van der Waals surface area contributed by atoms with Crippen molar-refractivity contribution in [3.63, 3.8) is 0 Å². The van der Waals surface area contributed by atoms with Crippen LogP contribution in [0, 0.1) is 16.0 Å². The van der Waals surface area contributed by atoms with Crippen LogP contribution >= 0.6 is 11.6 Å². The summed E-state index contributed by atoms with van der Waals surface area (Å²) in [5, 5.41) is 16.8. The minimum absolute atomic E-state index is 0.0757. The number of nitrogens with one attached hydrogen (secondary N) is 2. The first-order valence-corrected chi connectivity index (χ1v) is 8.81. The minimum atomic E-state index is -0.629. The van der Waals surface area contributed by atoms with Crippen molar-refractivity contribution in [1.29, 1.82) is 0 Å². The molecular formula is C19H20ClN3O4. The van der Waals surface area contributed by atoms with Crippen LogP contribution in [-0.2, 0) is 11.3 Å². The highest BCUT2D eigenvalue weighted by Gasteiger charge is 2.20. The number of benzene rings is 2. The van der Waals surface area contributed by atoms with Crippen molar-refractivity contribution in [2.45, 2.75) is 26.8 Å². The van der Waals surface area contributed by atoms with Crippen molar-refractivity contribution in [3.05, 3.63) is 68.7 Å². The summed E-state index contributed by atoms with van der Waals surface area (Å²) >= 11 is 5.85. The van der Waals surface area contributed by atoms with Crippen LogP contribution in [0.4, 0.5) is 11.4 Å². The summed E-state index contributed by atoms with van der Waals surface area (Å²) in [6, 6.07) is 10.9. The van der Waals surface area contributed by atoms with Crippen LogP contribution in [0.25, 0.3) is 0 Å². The quantitative estimate of drug-likeness (QED) is 0.548. The van der Waals surface area contributed by atoms with Crippen molar-refractivity contribution >= 4 is 34.8 Å². The van der Waals surface area contributed by atoms with Crippen molar-refractivity contribution in [1.82, 2.24) is 5.32 Å². The number of hydrogen-bond acceptors (Lipinski definition) is 4. The van der Waals surface area contributed by atoms with E-state index in [2.05, 4.69) is 10.6 Å². The lowest BCUT2D eigenvalue weighted by Gasteiger charge is -2.11. The van der Waals surface area contributed by atoms with E-state index in [-0.39, 0.29) is 34.6 Å². The van der Waals surface area contributed by atoms with E-state index in [1.54, 1.807) is 24.3 Å². The van der Waals surface area contributed by atoms with Gasteiger partial charge in [-0.3, -0.25) is 19.7 Å². The van der Waals surface area contributed by atoms with E-state index < -0.39 is 10.8 Å². The molecule has 0 aliphatic carbocycles. The number of carbonyl (C=O) groups is 2. The summed E-state index contributed by atoms with van der Waals surface area (Å²) in [6.45, 7) is 3.93. The molecule has 0 aliphatic heterocycles. The Labute approximate surface area is 161 Å². The molecule has 2 N–H and O–H groups in total. The predicted molar refractivity (Wildman–Crippen MR) is 104 cm³/mol. The van der Waals surface area contributed by atoms with Crippen LogP contribution in [-0.4, -0.2) is 16.7 Å². The SMILES string of the molecule is CCC(C)C(=O)Nc1cccc(CNC(=O)c2cc(Cl)ccc2[N+](=O)[O-])c1. The van der Waals surface area contributed by atoms with E-state index >= 15 is 0 Å². The molecule has 0 aromatic heterocycles. The van der Waals surface area contributed by atoms with Gasteiger partial charge in [-0.15, -0.1) is 0 Å². The molecule has 2 amide bonds. The lowest BCUT2D eigenvalue weighted by Crippen LogP contribution is -2.24. The highest BCUT2D eigenvalue weighted by Crippen LogP contribution is 2.23. The molecular weight excluding hydrogens is 370 g/mol. The first-order chi connectivity index (χ1) is 12.8. The molecule has 142 valence electrons. The standard InChI is InChI=1S/C19H20ClN3O4/c1-3-12(2)18(24)22-15-6-4-5-13(9-15)11-21-19(25)16-10-14(20)7-8-17(16)23(26)27/h4-10,12H,3,11H2,1-2H3,(H,21,25)(H,22,24). The molecule has 7 nitrogen and oxygen atoms in total. The molecule has 0 spiro atoms. The molecule has 2 aromatic rings. The predicted octanol–water partition coefficient (Wildman–Crippen LogP) is 4.16. The Kier molecular flexibility index (Phi) is 6.90. The monoisotopic (exact) mass is 389 g/mol. The molecule has 2 aromatic carbocycles. The van der Waals surface area contributed by atoms with Gasteiger partial charge in [-0.2, -0.15) is 0 Å². The molecule has 1 atom stereocenters. The third-order valence-corrected chi connectivity index (χ3v) is 4.34. The van der Waals surface area contributed by atoms with Crippen molar-refractivity contribution in [2.24, 2.45) is 5.92 Å². The summed E-state index contributed by atoms with van der Waals surface area (Å²) in [6.07, 6.45) is 0.736. The van der Waals surface area contributed by atoms with Crippen LogP contribution in [0.1, 0.15) is 36.2 Å². The van der Waals surface area contributed by atoms with E-state index in [0.29, 0.717) is 5.69 Å². The fraction of sp³-hybridized carbons (Fsp3) is 0.263. The van der Waals surface area contributed by atoms with E-state index in [1.165, 1.54) is 18.2 Å². The Morgan fingerprint density at radius 3 is 2.63 bits per heavy atom. The number of rotatable bonds is 7. The van der Waals surface area contributed by atoms with Gasteiger partial charge in [0.2, 0.25) is 5.91 Å². The van der Waals surface area contributed by atoms with Gasteiger partial charge in [0, 0.05) is 29.2 Å². The highest BCUT2D eigenvalue weighted by atomic mass is 35.5. The zero-order valence-corrected chi connectivity index (χ0v) is 15.7. The van der Waals surface area contributed by atoms with E-state index in [1.807, 2.05) is 13.8 Å². The Morgan fingerprint density at radius 1 is 1.22 bits per heavy atom. The molecule has 0 aliphatic rings. The van der Waals surface area contributed by atoms with Crippen LogP contribution in [0.15, 0.2) is 42.5 Å². The lowest BCUT2D eigenvalue weighted by molar-refractivity contribution is -0.385. The second-order valence-corrected chi connectivity index (χ2v) is 6.54. The number of nitrogens with zero attached hydrogens (tertiary/aromatic N) is 1. The first kappa shape index (κ1) is 20.4. The number of hydrogen-bond donors (Lipinski definition) is 2. The van der Waals surface area contributed by atoms with E-state index in [4.69, 9.17) is 11.6 Å². The van der Waals surface area contributed by atoms with Gasteiger partial charge >= 0.3 is 0 Å². The lowest BCUT2D eigenvalue weighted by atomic mass is 10.1. The molecule has 8 heteroatoms. The number of nitro groups is 1. The summed E-state index contributed by atoms with van der Waals surface area (Å²) in [5.74, 6) is -0.775. The summed E-state index contributed by atoms with van der Waals surface area (Å²) < 4.78 is 0. The Hall–Kier alpha value is -2.93. The van der Waals surface area contributed by atoms with Crippen LogP contribution in [0.5, 0.6) is 0 Å². The molecule has 27 heavy (non-hydrogen) atoms. The number of nitro benzene ring substituents is 1. The molecule has 0 heterocycles. The third-order valence-electron chi connectivity index (χ3n) is 4.11. The molecule has 0 fully saturated rings. The van der Waals surface area contributed by atoms with Gasteiger partial charge in [0.15, 0.2) is 0 Å². The van der Waals surface area contributed by atoms with Crippen LogP contribution < -0.4 is 10.6 Å². The summed E-state index contributed by atoms with van der Waals surface area (Å²) in [5.41, 5.74) is 0.955. The van der Waals surface area contributed by atoms with Crippen molar-refractivity contribution in [3.8, 4) is 0 Å². The third kappa shape index (κ3) is 5.52. The maximum Gasteiger partial charge on any atom is 0.282 e. The van der Waals surface area contributed by atoms with E-state index in [9.17, 15) is 19.7 Å². The number of carbonyl (C=O) groups excluding carboxylic acids is 2. The molecule has 0 saturated carbocycles. The Balaban J connectivity index is 2.08. The fourth-order valence-corrected chi connectivity index (χ4v) is 2.51. The second-order valence-electron chi connectivity index (χ2n) is 6.10. The Morgan fingerprint density at radius 2 is 1.96 bits per heavy atom. The maximum absolute atomic E-state index is 12.3. The zero-order chi connectivity index (χ0) is 20.0. The van der Waals surface area contributed by atoms with Crippen molar-refractivity contribution in [2.75, 3.05) is 5.32 Å². The van der Waals surface area contributed by atoms with Gasteiger partial charge in [0.05, 0.1) is 4.92 Å². The normalized spacial score (nSPS) is 11.5. The highest BCUT2D eigenvalue weighted by molar-refractivity contribution is 6.31. The van der Waals surface area contributed by atoms with Gasteiger partial charge in [0.1, 0.15) is 5.56 Å². The van der Waals surface area contributed by atoms with Gasteiger partial charge in [-0.05, 0) is 36.2 Å². The van der Waals surface area contributed by atoms with E-state index in [0.717, 1.165) is 12.0 Å². The molecule has 0 radical (unpaired) electrons. The topological polar surface area (TPSA) is 101 Å². The molecule has 0 bridgehead atoms. The van der Waals surface area contributed by atoms with Gasteiger partial charge in [-0.25, -0.2) is 0 Å². The smallest absolute Gasteiger partial charge is 0.282 e. The molecule has 2 rings (SSSR count). The number of anilines is 1. The van der Waals surface area contributed by atoms with Gasteiger partial charge in [0.25, 0.3) is 11.6 Å². The maximum atomic E-state index is 12.3. The van der Waals surface area contributed by atoms with Crippen LogP contribution in [0.2, 0.25) is 5.02 Å². The first-order valence-electron chi connectivity index (χ1n) is 8.43. The second kappa shape index (κ2) is 9.14. The molecule has 1 unspecified atom stereocenters. The minimum Gasteiger partial charge on any atom is -0.348 e. The average molecular weight is 390 g/mol. The number of halogens is 1. The van der Waals surface area contributed by atoms with Gasteiger partial charge in [-0.1, -0.05) is 37.6 Å². The summed E-state index contributed by atoms with van der Waals surface area (Å²) in [7, 11) is 0. The average Bonchev–Trinajstić information content (AvgIpc) is 2.65. The molecule has 0 saturated heterocycles. The zero-order valence-electron chi connectivity index (χ0n) is 15.0. The summed E-state index contributed by atoms with van der Waals surface area (Å²) in [4.78, 5) is 34.8. The fourth-order valence-electron chi connectivity index (χ4n) is 2.34. The van der Waals surface area contributed by atoms with Crippen LogP contribution in [0.3, 0.4) is 0 Å².